The Morgan fingerprint density at radius 3 is 0.581 bits per heavy atom. The fourth-order valence-electron chi connectivity index (χ4n) is 18.6. The Hall–Kier alpha value is -11.7. The molecule has 580 valence electrons. The van der Waals surface area contributed by atoms with Gasteiger partial charge in [0, 0.05) is 5.75 Å². The van der Waals surface area contributed by atoms with Crippen LogP contribution in [0.2, 0.25) is 0 Å². The van der Waals surface area contributed by atoms with Crippen molar-refractivity contribution in [2.75, 3.05) is 12.9 Å². The number of hydrogen-bond donors (Lipinski definition) is 1. The third-order valence-electron chi connectivity index (χ3n) is 24.0. The number of rotatable bonds is 19. The highest BCUT2D eigenvalue weighted by Crippen LogP contribution is 2.48. The van der Waals surface area contributed by atoms with Crippen LogP contribution in [0.5, 0.6) is 0 Å². The molecule has 1 amide bonds. The fraction of sp³-hybridized carbons (Fsp3) is 0.171. The Morgan fingerprint density at radius 2 is 0.410 bits per heavy atom. The van der Waals surface area contributed by atoms with Gasteiger partial charge in [0.25, 0.3) is 5.91 Å². The number of esters is 1. The number of nitrogens with one attached hydrogen (secondary N) is 1. The second kappa shape index (κ2) is 33.9. The third-order valence-corrected chi connectivity index (χ3v) is 25.6. The molecule has 0 aliphatic carbocycles. The molecular formula is C111H100INO3S. The van der Waals surface area contributed by atoms with E-state index in [1.807, 2.05) is 0 Å². The summed E-state index contributed by atoms with van der Waals surface area (Å²) in [5.41, 5.74) is 48.9. The highest BCUT2D eigenvalue weighted by atomic mass is 127. The molecule has 0 spiro atoms. The Balaban J connectivity index is 1.08. The molecule has 1 N–H and O–H groups in total. The minimum absolute atomic E-state index is 0.271. The van der Waals surface area contributed by atoms with Gasteiger partial charge in [-0.2, -0.15) is 0 Å². The number of carbonyl (C=O) groups excluding carboxylic acids is 2. The smallest absolute Gasteiger partial charge is 0.329 e. The van der Waals surface area contributed by atoms with Crippen LogP contribution < -0.4 is 5.32 Å². The molecule has 6 heteroatoms. The molecule has 1 atom stereocenters. The first-order chi connectivity index (χ1) is 56.3. The van der Waals surface area contributed by atoms with E-state index in [4.69, 9.17) is 4.74 Å². The van der Waals surface area contributed by atoms with Crippen LogP contribution in [0.25, 0.3) is 156 Å². The lowest BCUT2D eigenvalue weighted by atomic mass is 9.83. The molecule has 15 aromatic carbocycles. The third kappa shape index (κ3) is 16.2. The molecule has 0 saturated heterocycles. The Bertz CT molecular complexity index is 5340. The molecule has 0 radical (unpaired) electrons. The first-order valence-corrected chi connectivity index (χ1v) is 44.1. The number of methoxy groups -OCH3 is 1. The monoisotopic (exact) mass is 1650 g/mol. The van der Waals surface area contributed by atoms with Crippen LogP contribution in [-0.4, -0.2) is 30.8 Å². The van der Waals surface area contributed by atoms with Crippen molar-refractivity contribution in [2.45, 2.75) is 117 Å². The predicted molar refractivity (Wildman–Crippen MR) is 508 cm³/mol. The normalized spacial score (nSPS) is 11.6. The van der Waals surface area contributed by atoms with E-state index >= 15 is 4.79 Å². The van der Waals surface area contributed by atoms with Crippen LogP contribution in [-0.2, 0) is 9.53 Å². The number of hydrogen-bond acceptors (Lipinski definition) is 4. The van der Waals surface area contributed by atoms with Crippen LogP contribution in [0.1, 0.15) is 99.4 Å². The molecule has 0 fully saturated rings. The summed E-state index contributed by atoms with van der Waals surface area (Å²) < 4.78 is 5.57. The van der Waals surface area contributed by atoms with E-state index in [0.29, 0.717) is 16.7 Å². The second-order valence-corrected chi connectivity index (χ2v) is 34.9. The van der Waals surface area contributed by atoms with Crippen molar-refractivity contribution >= 4 is 42.0 Å². The fourth-order valence-corrected chi connectivity index (χ4v) is 20.0. The van der Waals surface area contributed by atoms with Gasteiger partial charge in [-0.05, 0) is 486 Å². The maximum Gasteiger partial charge on any atom is 0.329 e. The molecule has 15 rings (SSSR count). The van der Waals surface area contributed by atoms with E-state index in [2.05, 4.69) is 410 Å². The number of ether oxygens (including phenoxy) is 1. The standard InChI is InChI=1S/C111H100INO3S/c1-64-27-18-28-65(2)101(64)90-51-84(52-91(59-90)102-66(3)29-19-30-67(102)4)80-45-81(85-53-92(103-68(5)31-20-32-69(103)6)60-93(54-85)104-70(7)33-21-34-71(104)8)48-88(47-80)98-43-26-44-99(109(98)110(114)113-100(63-117-112)111(115)116-17)89-49-82(86-55-94(105-72(9)35-22-36-73(105)10)61-95(56-86)106-74(11)37-23-38-75(106)12)46-83(50-89)87-57-96(107-76(13)39-24-40-77(107)14)62-97(58-87)108-78(15)41-25-42-79(108)16/h18-62,100H,63H2,1-17H3,(H,113,114). The zero-order chi connectivity index (χ0) is 82.4. The average Bonchev–Trinajstić information content (AvgIpc) is 0.753. The summed E-state index contributed by atoms with van der Waals surface area (Å²) >= 11 is 2.21. The zero-order valence-electron chi connectivity index (χ0n) is 70.3. The molecule has 0 aliphatic heterocycles. The van der Waals surface area contributed by atoms with Gasteiger partial charge in [0.2, 0.25) is 0 Å². The van der Waals surface area contributed by atoms with E-state index in [1.54, 1.807) is 0 Å². The lowest BCUT2D eigenvalue weighted by Gasteiger charge is -2.22. The van der Waals surface area contributed by atoms with Crippen LogP contribution >= 0.6 is 30.1 Å². The van der Waals surface area contributed by atoms with Gasteiger partial charge in [-0.3, -0.25) is 4.79 Å². The summed E-state index contributed by atoms with van der Waals surface area (Å²) in [6.45, 7) is 35.4. The van der Waals surface area contributed by atoms with Crippen molar-refractivity contribution in [1.29, 1.82) is 0 Å². The molecule has 117 heavy (non-hydrogen) atoms. The molecule has 15 aromatic rings. The van der Waals surface area contributed by atoms with Crippen molar-refractivity contribution in [3.05, 3.63) is 368 Å². The van der Waals surface area contributed by atoms with Crippen molar-refractivity contribution in [2.24, 2.45) is 0 Å². The molecule has 0 saturated carbocycles. The highest BCUT2D eigenvalue weighted by Gasteiger charge is 2.29. The maximum atomic E-state index is 17.0. The first-order valence-electron chi connectivity index (χ1n) is 40.5. The van der Waals surface area contributed by atoms with Gasteiger partial charge in [0.15, 0.2) is 0 Å². The van der Waals surface area contributed by atoms with Gasteiger partial charge in [-0.15, -0.1) is 0 Å². The number of amides is 1. The Kier molecular flexibility index (Phi) is 23.3. The SMILES string of the molecule is COC(=O)C(CSI)NC(=O)c1c(-c2cc(-c3cc(-c4c(C)cccc4C)cc(-c4c(C)cccc4C)c3)cc(-c3cc(-c4c(C)cccc4C)cc(-c4c(C)cccc4C)c3)c2)cccc1-c1cc(-c2cc(-c3c(C)cccc3C)cc(-c3c(C)cccc3C)c2)cc(-c2cc(-c3c(C)cccc3C)cc(-c3c(C)cccc3C)c2)c1. The van der Waals surface area contributed by atoms with E-state index in [-0.39, 0.29) is 5.75 Å². The topological polar surface area (TPSA) is 55.4 Å². The second-order valence-electron chi connectivity index (χ2n) is 32.5. The van der Waals surface area contributed by atoms with Gasteiger partial charge in [-0.25, -0.2) is 4.79 Å². The zero-order valence-corrected chi connectivity index (χ0v) is 73.3. The van der Waals surface area contributed by atoms with Crippen LogP contribution in [0.4, 0.5) is 0 Å². The lowest BCUT2D eigenvalue weighted by molar-refractivity contribution is -0.142. The molecule has 4 nitrogen and oxygen atoms in total. The summed E-state index contributed by atoms with van der Waals surface area (Å²) in [7, 11) is 2.85. The summed E-state index contributed by atoms with van der Waals surface area (Å²) in [5.74, 6) is -0.667. The first kappa shape index (κ1) is 80.5. The highest BCUT2D eigenvalue weighted by molar-refractivity contribution is 14.2. The van der Waals surface area contributed by atoms with Gasteiger partial charge in [-0.1, -0.05) is 173 Å². The molecule has 0 aliphatic rings. The molecule has 1 unspecified atom stereocenters. The Labute approximate surface area is 709 Å². The quantitative estimate of drug-likeness (QED) is 0.0647. The summed E-state index contributed by atoms with van der Waals surface area (Å²) in [6, 6.07) is 100. The molecule has 0 heterocycles. The van der Waals surface area contributed by atoms with Gasteiger partial charge >= 0.3 is 5.97 Å². The van der Waals surface area contributed by atoms with Crippen LogP contribution in [0.3, 0.4) is 0 Å². The van der Waals surface area contributed by atoms with Gasteiger partial charge in [0.1, 0.15) is 6.04 Å². The number of benzene rings is 15. The van der Waals surface area contributed by atoms with Crippen LogP contribution in [0.15, 0.2) is 273 Å². The number of halogens is 1. The molecular weight excluding hydrogens is 1550 g/mol. The molecule has 0 aromatic heterocycles. The van der Waals surface area contributed by atoms with Gasteiger partial charge in [0.05, 0.1) is 12.7 Å². The Morgan fingerprint density at radius 1 is 0.256 bits per heavy atom. The maximum absolute atomic E-state index is 17.0. The van der Waals surface area contributed by atoms with E-state index in [1.165, 1.54) is 150 Å². The van der Waals surface area contributed by atoms with E-state index in [9.17, 15) is 4.79 Å². The number of carbonyl (C=O) groups is 2. The average molecular weight is 1650 g/mol. The van der Waals surface area contributed by atoms with Crippen LogP contribution in [0, 0.1) is 111 Å². The van der Waals surface area contributed by atoms with E-state index < -0.39 is 17.9 Å². The van der Waals surface area contributed by atoms with Crippen molar-refractivity contribution < 1.29 is 14.3 Å². The van der Waals surface area contributed by atoms with Crippen molar-refractivity contribution in [3.8, 4) is 156 Å². The molecule has 0 bridgehead atoms. The lowest BCUT2D eigenvalue weighted by Crippen LogP contribution is -2.43. The summed E-state index contributed by atoms with van der Waals surface area (Å²) in [5, 5.41) is 3.34. The number of aryl methyl sites for hydroxylation is 16. The predicted octanol–water partition coefficient (Wildman–Crippen LogP) is 30.3. The van der Waals surface area contributed by atoms with Crippen molar-refractivity contribution in [1.82, 2.24) is 5.32 Å². The van der Waals surface area contributed by atoms with Gasteiger partial charge < -0.3 is 10.1 Å². The van der Waals surface area contributed by atoms with Crippen molar-refractivity contribution in [3.63, 3.8) is 0 Å². The van der Waals surface area contributed by atoms with E-state index in [0.717, 1.165) is 100 Å². The minimum Gasteiger partial charge on any atom is -0.467 e. The summed E-state index contributed by atoms with van der Waals surface area (Å²) in [6.07, 6.45) is 0. The summed E-state index contributed by atoms with van der Waals surface area (Å²) in [4.78, 5) is 31.3. The largest absolute Gasteiger partial charge is 0.467 e. The minimum atomic E-state index is -0.993.